The molecule has 0 aromatic heterocycles. The van der Waals surface area contributed by atoms with Crippen molar-refractivity contribution in [2.24, 2.45) is 11.8 Å². The van der Waals surface area contributed by atoms with Crippen LogP contribution in [0.5, 0.6) is 11.5 Å². The molecule has 242 valence electrons. The molecule has 3 aromatic rings. The normalized spacial score (nSPS) is 21.8. The third kappa shape index (κ3) is 6.79. The minimum Gasteiger partial charge on any atom is -0.491 e. The number of rotatable bonds is 9. The van der Waals surface area contributed by atoms with Gasteiger partial charge in [-0.2, -0.15) is 8.78 Å². The Kier molecular flexibility index (Phi) is 10.3. The zero-order chi connectivity index (χ0) is 32.2. The van der Waals surface area contributed by atoms with Gasteiger partial charge in [0.1, 0.15) is 6.10 Å². The smallest absolute Gasteiger partial charge is 0.341 e. The van der Waals surface area contributed by atoms with Crippen LogP contribution in [0.4, 0.5) is 26.3 Å². The van der Waals surface area contributed by atoms with E-state index in [2.05, 4.69) is 0 Å². The van der Waals surface area contributed by atoms with E-state index in [4.69, 9.17) is 14.2 Å². The van der Waals surface area contributed by atoms with Gasteiger partial charge < -0.3 is 14.2 Å². The third-order valence-electron chi connectivity index (χ3n) is 9.19. The van der Waals surface area contributed by atoms with Crippen LogP contribution in [0.25, 0.3) is 11.1 Å². The van der Waals surface area contributed by atoms with Crippen LogP contribution in [-0.2, 0) is 4.74 Å². The molecule has 0 saturated heterocycles. The lowest BCUT2D eigenvalue weighted by atomic mass is 9.69. The quantitative estimate of drug-likeness (QED) is 0.174. The van der Waals surface area contributed by atoms with Gasteiger partial charge in [0.2, 0.25) is 11.6 Å². The van der Waals surface area contributed by atoms with Crippen LogP contribution >= 0.6 is 0 Å². The van der Waals surface area contributed by atoms with E-state index in [9.17, 15) is 31.1 Å². The molecule has 0 heterocycles. The standard InChI is InChI=1S/C35H36F6O4/c1-3-43-27-17-15-23(29(36)33(27)40)21-7-5-19(6-8-21)20-9-11-22(12-10-20)45-35(42)26-14-13-24(30(37)32(26)39)25-16-18-28(44-4-2)34(41)31(25)38/h13-22H,3-12H2,1-2H3. The minimum absolute atomic E-state index is 0.0599. The predicted molar refractivity (Wildman–Crippen MR) is 156 cm³/mol. The van der Waals surface area contributed by atoms with E-state index in [1.807, 2.05) is 0 Å². The van der Waals surface area contributed by atoms with Gasteiger partial charge in [0.15, 0.2) is 34.8 Å². The van der Waals surface area contributed by atoms with Crippen molar-refractivity contribution in [1.29, 1.82) is 0 Å². The Morgan fingerprint density at radius 1 is 0.600 bits per heavy atom. The molecule has 2 saturated carbocycles. The van der Waals surface area contributed by atoms with E-state index < -0.39 is 63.7 Å². The first kappa shape index (κ1) is 32.7. The van der Waals surface area contributed by atoms with Crippen molar-refractivity contribution < 1.29 is 45.3 Å². The number of carbonyl (C=O) groups excluding carboxylic acids is 1. The van der Waals surface area contributed by atoms with Crippen LogP contribution in [0, 0.1) is 46.7 Å². The monoisotopic (exact) mass is 634 g/mol. The Hall–Kier alpha value is -3.69. The predicted octanol–water partition coefficient (Wildman–Crippen LogP) is 9.68. The van der Waals surface area contributed by atoms with Crippen molar-refractivity contribution in [3.8, 4) is 22.6 Å². The molecule has 2 aliphatic rings. The van der Waals surface area contributed by atoms with Crippen molar-refractivity contribution in [2.75, 3.05) is 13.2 Å². The van der Waals surface area contributed by atoms with Gasteiger partial charge in [0.25, 0.3) is 0 Å². The van der Waals surface area contributed by atoms with E-state index in [0.29, 0.717) is 30.2 Å². The van der Waals surface area contributed by atoms with E-state index in [-0.39, 0.29) is 30.6 Å². The first-order valence-electron chi connectivity index (χ1n) is 15.5. The fraction of sp³-hybridized carbons (Fsp3) is 0.457. The molecule has 0 unspecified atom stereocenters. The van der Waals surface area contributed by atoms with Crippen LogP contribution in [0.3, 0.4) is 0 Å². The maximum absolute atomic E-state index is 15.0. The van der Waals surface area contributed by atoms with Gasteiger partial charge in [-0.15, -0.1) is 0 Å². The Balaban J connectivity index is 1.15. The maximum atomic E-state index is 15.0. The summed E-state index contributed by atoms with van der Waals surface area (Å²) in [5.41, 5.74) is -1.27. The van der Waals surface area contributed by atoms with Gasteiger partial charge in [0, 0.05) is 11.1 Å². The maximum Gasteiger partial charge on any atom is 0.341 e. The molecular formula is C35H36F6O4. The summed E-state index contributed by atoms with van der Waals surface area (Å²) in [7, 11) is 0. The lowest BCUT2D eigenvalue weighted by molar-refractivity contribution is 0.0109. The summed E-state index contributed by atoms with van der Waals surface area (Å²) in [6, 6.07) is 7.35. The minimum atomic E-state index is -1.50. The molecule has 0 aliphatic heterocycles. The average molecular weight is 635 g/mol. The summed E-state index contributed by atoms with van der Waals surface area (Å²) in [5, 5.41) is 0. The Bertz CT molecular complexity index is 1530. The lowest BCUT2D eigenvalue weighted by Gasteiger charge is -2.37. The molecule has 0 amide bonds. The molecular weight excluding hydrogens is 598 g/mol. The zero-order valence-electron chi connectivity index (χ0n) is 25.2. The van der Waals surface area contributed by atoms with E-state index in [0.717, 1.165) is 62.8 Å². The summed E-state index contributed by atoms with van der Waals surface area (Å²) in [6.45, 7) is 3.65. The molecule has 5 rings (SSSR count). The van der Waals surface area contributed by atoms with Gasteiger partial charge in [-0.25, -0.2) is 22.4 Å². The fourth-order valence-electron chi connectivity index (χ4n) is 6.85. The van der Waals surface area contributed by atoms with Gasteiger partial charge >= 0.3 is 5.97 Å². The van der Waals surface area contributed by atoms with Crippen molar-refractivity contribution in [3.63, 3.8) is 0 Å². The molecule has 0 spiro atoms. The Morgan fingerprint density at radius 3 is 1.67 bits per heavy atom. The summed E-state index contributed by atoms with van der Waals surface area (Å²) >= 11 is 0. The number of hydrogen-bond donors (Lipinski definition) is 0. The van der Waals surface area contributed by atoms with Crippen LogP contribution in [0.2, 0.25) is 0 Å². The lowest BCUT2D eigenvalue weighted by Crippen LogP contribution is -2.30. The molecule has 0 radical (unpaired) electrons. The summed E-state index contributed by atoms with van der Waals surface area (Å²) < 4.78 is 104. The molecule has 3 aromatic carbocycles. The van der Waals surface area contributed by atoms with Crippen LogP contribution in [0.1, 0.15) is 87.1 Å². The second-order valence-electron chi connectivity index (χ2n) is 11.7. The first-order valence-corrected chi connectivity index (χ1v) is 15.5. The molecule has 2 fully saturated rings. The Morgan fingerprint density at radius 2 is 1.09 bits per heavy atom. The number of benzene rings is 3. The van der Waals surface area contributed by atoms with Crippen molar-refractivity contribution in [1.82, 2.24) is 0 Å². The highest BCUT2D eigenvalue weighted by Gasteiger charge is 2.34. The van der Waals surface area contributed by atoms with Crippen LogP contribution in [-0.4, -0.2) is 25.3 Å². The third-order valence-corrected chi connectivity index (χ3v) is 9.19. The molecule has 0 bridgehead atoms. The molecule has 10 heteroatoms. The van der Waals surface area contributed by atoms with Gasteiger partial charge in [-0.3, -0.25) is 0 Å². The van der Waals surface area contributed by atoms with Crippen LogP contribution < -0.4 is 9.47 Å². The van der Waals surface area contributed by atoms with E-state index in [1.54, 1.807) is 19.9 Å². The second-order valence-corrected chi connectivity index (χ2v) is 11.7. The number of carbonyl (C=O) groups is 1. The molecule has 45 heavy (non-hydrogen) atoms. The molecule has 2 aliphatic carbocycles. The topological polar surface area (TPSA) is 44.8 Å². The highest BCUT2D eigenvalue weighted by molar-refractivity contribution is 5.90. The number of esters is 1. The van der Waals surface area contributed by atoms with Gasteiger partial charge in [-0.05, 0) is 113 Å². The number of halogens is 6. The van der Waals surface area contributed by atoms with Crippen molar-refractivity contribution in [2.45, 2.75) is 77.2 Å². The zero-order valence-corrected chi connectivity index (χ0v) is 25.2. The number of ether oxygens (including phenoxy) is 3. The van der Waals surface area contributed by atoms with Crippen LogP contribution in [0.15, 0.2) is 36.4 Å². The summed E-state index contributed by atoms with van der Waals surface area (Å²) in [4.78, 5) is 12.8. The highest BCUT2D eigenvalue weighted by Crippen LogP contribution is 2.44. The van der Waals surface area contributed by atoms with Gasteiger partial charge in [0.05, 0.1) is 18.8 Å². The SMILES string of the molecule is CCOc1ccc(-c2ccc(C(=O)OC3CCC(C4CCC(c5ccc(OCC)c(F)c5F)CC4)CC3)c(F)c2F)c(F)c1F. The van der Waals surface area contributed by atoms with E-state index in [1.165, 1.54) is 6.07 Å². The van der Waals surface area contributed by atoms with E-state index >= 15 is 0 Å². The highest BCUT2D eigenvalue weighted by atomic mass is 19.2. The second kappa shape index (κ2) is 14.2. The molecule has 4 nitrogen and oxygen atoms in total. The largest absolute Gasteiger partial charge is 0.491 e. The fourth-order valence-corrected chi connectivity index (χ4v) is 6.85. The number of hydrogen-bond acceptors (Lipinski definition) is 4. The summed E-state index contributed by atoms with van der Waals surface area (Å²) in [5.74, 6) is -8.19. The molecule has 0 N–H and O–H groups in total. The van der Waals surface area contributed by atoms with Gasteiger partial charge in [-0.1, -0.05) is 12.1 Å². The van der Waals surface area contributed by atoms with Crippen molar-refractivity contribution in [3.05, 3.63) is 82.4 Å². The summed E-state index contributed by atoms with van der Waals surface area (Å²) in [6.07, 6.45) is 5.49. The molecule has 0 atom stereocenters. The van der Waals surface area contributed by atoms with Crippen molar-refractivity contribution >= 4 is 5.97 Å². The Labute approximate surface area is 258 Å². The first-order chi connectivity index (χ1) is 21.6. The average Bonchev–Trinajstić information content (AvgIpc) is 3.04.